The highest BCUT2D eigenvalue weighted by molar-refractivity contribution is 7.89. The first-order valence-electron chi connectivity index (χ1n) is 11.7. The van der Waals surface area contributed by atoms with Crippen molar-refractivity contribution in [1.82, 2.24) is 4.31 Å². The zero-order valence-electron chi connectivity index (χ0n) is 21.0. The van der Waals surface area contributed by atoms with Gasteiger partial charge in [-0.05, 0) is 49.7 Å². The zero-order chi connectivity index (χ0) is 26.7. The largest absolute Gasteiger partial charge is 0.473 e. The van der Waals surface area contributed by atoms with Crippen LogP contribution in [0.15, 0.2) is 86.9 Å². The maximum Gasteiger partial charge on any atom is 0.265 e. The predicted molar refractivity (Wildman–Crippen MR) is 143 cm³/mol. The highest BCUT2D eigenvalue weighted by Gasteiger charge is 2.25. The van der Waals surface area contributed by atoms with E-state index in [1.165, 1.54) is 38.4 Å². The number of hydrogen-bond acceptors (Lipinski definition) is 6. The Hall–Kier alpha value is -3.95. The minimum atomic E-state index is -3.59. The fourth-order valence-corrected chi connectivity index (χ4v) is 4.64. The second kappa shape index (κ2) is 10.6. The van der Waals surface area contributed by atoms with Crippen LogP contribution in [0.3, 0.4) is 0 Å². The molecule has 1 amide bonds. The van der Waals surface area contributed by atoms with Crippen LogP contribution in [-0.4, -0.2) is 38.8 Å². The molecular weight excluding hydrogens is 492 g/mol. The molecule has 1 aromatic heterocycles. The minimum Gasteiger partial charge on any atom is -0.473 e. The van der Waals surface area contributed by atoms with Gasteiger partial charge in [0, 0.05) is 25.3 Å². The minimum absolute atomic E-state index is 0.0445. The van der Waals surface area contributed by atoms with Gasteiger partial charge in [0.25, 0.3) is 5.91 Å². The summed E-state index contributed by atoms with van der Waals surface area (Å²) in [5.74, 6) is -0.279. The van der Waals surface area contributed by atoms with Crippen LogP contribution in [0.5, 0.6) is 5.75 Å². The van der Waals surface area contributed by atoms with Crippen molar-refractivity contribution in [2.24, 2.45) is 0 Å². The summed E-state index contributed by atoms with van der Waals surface area (Å²) in [5, 5.41) is 3.09. The van der Waals surface area contributed by atoms with Crippen LogP contribution in [0, 0.1) is 6.92 Å². The van der Waals surface area contributed by atoms with E-state index >= 15 is 0 Å². The number of nitrogens with one attached hydrogen (secondary N) is 1. The van der Waals surface area contributed by atoms with Gasteiger partial charge in [-0.3, -0.25) is 9.59 Å². The number of nitrogens with zero attached hydrogens (tertiary/aromatic N) is 1. The Labute approximate surface area is 215 Å². The van der Waals surface area contributed by atoms with Gasteiger partial charge < -0.3 is 14.5 Å². The standard InChI is InChI=1S/C28H28N2O6S/c1-5-23(28(32)29-20-14-16-21(17-15-20)37(33,34)30(3)4)35-27-25(31)22-8-6-7-9-24(22)36-26(27)19-12-10-18(2)11-13-19/h6-17,23H,5H2,1-4H3,(H,29,32). The summed E-state index contributed by atoms with van der Waals surface area (Å²) in [6, 6.07) is 20.2. The number of carbonyl (C=O) groups excluding carboxylic acids is 1. The fraction of sp³-hybridized carbons (Fsp3) is 0.214. The molecule has 1 atom stereocenters. The van der Waals surface area contributed by atoms with Gasteiger partial charge in [-0.15, -0.1) is 0 Å². The molecule has 9 heteroatoms. The molecule has 1 unspecified atom stereocenters. The molecule has 8 nitrogen and oxygen atoms in total. The van der Waals surface area contributed by atoms with Crippen molar-refractivity contribution >= 4 is 32.6 Å². The molecule has 3 aromatic carbocycles. The number of benzene rings is 3. The van der Waals surface area contributed by atoms with Crippen LogP contribution < -0.4 is 15.5 Å². The molecule has 0 aliphatic carbocycles. The van der Waals surface area contributed by atoms with E-state index in [-0.39, 0.29) is 28.3 Å². The third-order valence-corrected chi connectivity index (χ3v) is 7.72. The molecule has 0 aliphatic rings. The third kappa shape index (κ3) is 5.42. The Morgan fingerprint density at radius 2 is 1.65 bits per heavy atom. The Kier molecular flexibility index (Phi) is 7.47. The average molecular weight is 521 g/mol. The lowest BCUT2D eigenvalue weighted by Gasteiger charge is -2.19. The summed E-state index contributed by atoms with van der Waals surface area (Å²) in [7, 11) is -0.696. The van der Waals surface area contributed by atoms with Crippen LogP contribution in [0.4, 0.5) is 5.69 Å². The molecular formula is C28H28N2O6S. The maximum atomic E-state index is 13.4. The van der Waals surface area contributed by atoms with Crippen LogP contribution in [0.2, 0.25) is 0 Å². The molecule has 1 heterocycles. The number of fused-ring (bicyclic) bond motifs is 1. The topological polar surface area (TPSA) is 106 Å². The van der Waals surface area contributed by atoms with Gasteiger partial charge in [-0.2, -0.15) is 0 Å². The number of amides is 1. The molecule has 1 N–H and O–H groups in total. The van der Waals surface area contributed by atoms with E-state index in [1.807, 2.05) is 31.2 Å². The van der Waals surface area contributed by atoms with Crippen molar-refractivity contribution in [3.8, 4) is 17.1 Å². The lowest BCUT2D eigenvalue weighted by atomic mass is 10.1. The smallest absolute Gasteiger partial charge is 0.265 e. The molecule has 0 saturated heterocycles. The van der Waals surface area contributed by atoms with E-state index in [2.05, 4.69) is 5.32 Å². The molecule has 4 aromatic rings. The van der Waals surface area contributed by atoms with Crippen molar-refractivity contribution < 1.29 is 22.4 Å². The van der Waals surface area contributed by atoms with Crippen molar-refractivity contribution in [2.75, 3.05) is 19.4 Å². The summed E-state index contributed by atoms with van der Waals surface area (Å²) >= 11 is 0. The Morgan fingerprint density at radius 3 is 2.27 bits per heavy atom. The summed E-state index contributed by atoms with van der Waals surface area (Å²) in [6.07, 6.45) is -0.725. The van der Waals surface area contributed by atoms with Gasteiger partial charge >= 0.3 is 0 Å². The van der Waals surface area contributed by atoms with Crippen molar-refractivity contribution in [1.29, 1.82) is 0 Å². The Bertz CT molecular complexity index is 1590. The van der Waals surface area contributed by atoms with E-state index in [9.17, 15) is 18.0 Å². The van der Waals surface area contributed by atoms with Crippen LogP contribution in [-0.2, 0) is 14.8 Å². The van der Waals surface area contributed by atoms with Gasteiger partial charge in [0.15, 0.2) is 11.9 Å². The Balaban J connectivity index is 1.66. The van der Waals surface area contributed by atoms with E-state index in [1.54, 1.807) is 31.2 Å². The summed E-state index contributed by atoms with van der Waals surface area (Å²) in [6.45, 7) is 3.73. The number of aryl methyl sites for hydroxylation is 1. The number of ether oxygens (including phenoxy) is 1. The van der Waals surface area contributed by atoms with Crippen LogP contribution in [0.1, 0.15) is 18.9 Å². The van der Waals surface area contributed by atoms with Crippen molar-refractivity contribution in [2.45, 2.75) is 31.3 Å². The summed E-state index contributed by atoms with van der Waals surface area (Å²) in [4.78, 5) is 26.6. The van der Waals surface area contributed by atoms with Crippen molar-refractivity contribution in [3.63, 3.8) is 0 Å². The first-order valence-corrected chi connectivity index (χ1v) is 13.2. The molecule has 0 fully saturated rings. The third-order valence-electron chi connectivity index (χ3n) is 5.89. The van der Waals surface area contributed by atoms with Crippen molar-refractivity contribution in [3.05, 3.63) is 88.6 Å². The lowest BCUT2D eigenvalue weighted by Crippen LogP contribution is -2.34. The lowest BCUT2D eigenvalue weighted by molar-refractivity contribution is -0.122. The fourth-order valence-electron chi connectivity index (χ4n) is 3.74. The maximum absolute atomic E-state index is 13.4. The molecule has 0 saturated carbocycles. The summed E-state index contributed by atoms with van der Waals surface area (Å²) in [5.41, 5.74) is 2.14. The normalized spacial score (nSPS) is 12.5. The predicted octanol–water partition coefficient (Wildman–Crippen LogP) is 4.81. The number of carbonyl (C=O) groups is 1. The zero-order valence-corrected chi connectivity index (χ0v) is 21.8. The highest BCUT2D eigenvalue weighted by atomic mass is 32.2. The van der Waals surface area contributed by atoms with Gasteiger partial charge in [0.1, 0.15) is 5.58 Å². The number of sulfonamides is 1. The molecule has 0 spiro atoms. The SMILES string of the molecule is CCC(Oc1c(-c2ccc(C)cc2)oc2ccccc2c1=O)C(=O)Nc1ccc(S(=O)(=O)N(C)C)cc1. The van der Waals surface area contributed by atoms with Gasteiger partial charge in [0.05, 0.1) is 10.3 Å². The van der Waals surface area contributed by atoms with Gasteiger partial charge in [-0.1, -0.05) is 48.9 Å². The van der Waals surface area contributed by atoms with Gasteiger partial charge in [0.2, 0.25) is 21.2 Å². The van der Waals surface area contributed by atoms with Crippen LogP contribution in [0.25, 0.3) is 22.3 Å². The Morgan fingerprint density at radius 1 is 1.00 bits per heavy atom. The first-order chi connectivity index (χ1) is 17.6. The second-order valence-electron chi connectivity index (χ2n) is 8.77. The van der Waals surface area contributed by atoms with E-state index in [4.69, 9.17) is 9.15 Å². The molecule has 0 bridgehead atoms. The second-order valence-corrected chi connectivity index (χ2v) is 10.9. The number of hydrogen-bond donors (Lipinski definition) is 1. The molecule has 192 valence electrons. The number of rotatable bonds is 8. The molecule has 4 rings (SSSR count). The van der Waals surface area contributed by atoms with E-state index in [0.717, 1.165) is 9.87 Å². The first kappa shape index (κ1) is 26.1. The highest BCUT2D eigenvalue weighted by Crippen LogP contribution is 2.32. The number of anilines is 1. The molecule has 37 heavy (non-hydrogen) atoms. The molecule has 0 radical (unpaired) electrons. The monoisotopic (exact) mass is 520 g/mol. The van der Waals surface area contributed by atoms with E-state index < -0.39 is 22.0 Å². The van der Waals surface area contributed by atoms with Gasteiger partial charge in [-0.25, -0.2) is 12.7 Å². The summed E-state index contributed by atoms with van der Waals surface area (Å²) < 4.78 is 37.8. The van der Waals surface area contributed by atoms with Crippen LogP contribution >= 0.6 is 0 Å². The quantitative estimate of drug-likeness (QED) is 0.357. The van der Waals surface area contributed by atoms with E-state index in [0.29, 0.717) is 22.2 Å². The molecule has 0 aliphatic heterocycles. The average Bonchev–Trinajstić information content (AvgIpc) is 2.89. The number of para-hydroxylation sites is 1.